The molecule has 2 aromatic rings. The van der Waals surface area contributed by atoms with Gasteiger partial charge in [-0.25, -0.2) is 9.37 Å². The maximum atomic E-state index is 12.9. The maximum Gasteiger partial charge on any atom is 0.232 e. The Kier molecular flexibility index (Phi) is 2.71. The first-order chi connectivity index (χ1) is 9.49. The first-order valence-corrected chi connectivity index (χ1v) is 6.25. The van der Waals surface area contributed by atoms with Crippen molar-refractivity contribution < 1.29 is 14.3 Å². The molecule has 0 radical (unpaired) electrons. The molecular formula is C15H13FN2O2. The molecule has 0 aliphatic carbocycles. The van der Waals surface area contributed by atoms with Crippen LogP contribution in [-0.4, -0.2) is 22.5 Å². The quantitative estimate of drug-likeness (QED) is 0.822. The summed E-state index contributed by atoms with van der Waals surface area (Å²) in [6, 6.07) is 9.09. The summed E-state index contributed by atoms with van der Waals surface area (Å²) < 4.78 is 12.9. The van der Waals surface area contributed by atoms with Gasteiger partial charge in [0.05, 0.1) is 11.1 Å². The van der Waals surface area contributed by atoms with Gasteiger partial charge in [0.25, 0.3) is 0 Å². The molecule has 4 nitrogen and oxygen atoms in total. The first-order valence-electron chi connectivity index (χ1n) is 6.25. The van der Waals surface area contributed by atoms with Gasteiger partial charge < -0.3 is 10.4 Å². The van der Waals surface area contributed by atoms with Gasteiger partial charge in [0.2, 0.25) is 11.8 Å². The van der Waals surface area contributed by atoms with E-state index in [1.54, 1.807) is 18.2 Å². The Morgan fingerprint density at radius 1 is 1.30 bits per heavy atom. The highest BCUT2D eigenvalue weighted by Gasteiger charge is 2.43. The molecule has 102 valence electrons. The third-order valence-corrected chi connectivity index (χ3v) is 3.69. The second-order valence-electron chi connectivity index (χ2n) is 5.12. The predicted octanol–water partition coefficient (Wildman–Crippen LogP) is 1.98. The number of nitrogens with zero attached hydrogens (tertiary/aromatic N) is 1. The van der Waals surface area contributed by atoms with Gasteiger partial charge in [0, 0.05) is 18.2 Å². The van der Waals surface area contributed by atoms with E-state index in [1.165, 1.54) is 18.2 Å². The number of nitrogens with one attached hydrogen (secondary N) is 1. The molecule has 2 heterocycles. The summed E-state index contributed by atoms with van der Waals surface area (Å²) >= 11 is 0. The fraction of sp³-hybridized carbons (Fsp3) is 0.200. The Hall–Kier alpha value is -2.43. The van der Waals surface area contributed by atoms with E-state index in [4.69, 9.17) is 0 Å². The molecule has 1 amide bonds. The Bertz CT molecular complexity index is 685. The van der Waals surface area contributed by atoms with Crippen LogP contribution in [0.25, 0.3) is 11.3 Å². The molecule has 1 aromatic heterocycles. The fourth-order valence-corrected chi connectivity index (χ4v) is 2.26. The largest absolute Gasteiger partial charge is 0.493 e. The second kappa shape index (κ2) is 4.30. The van der Waals surface area contributed by atoms with Gasteiger partial charge in [-0.05, 0) is 42.8 Å². The number of aromatic nitrogens is 1. The highest BCUT2D eigenvalue weighted by molar-refractivity contribution is 5.94. The number of β-lactam (4-membered cyclic amide) rings is 1. The summed E-state index contributed by atoms with van der Waals surface area (Å²) in [6.07, 6.45) is 0. The molecule has 1 unspecified atom stereocenters. The second-order valence-corrected chi connectivity index (χ2v) is 5.12. The van der Waals surface area contributed by atoms with Gasteiger partial charge in [0.15, 0.2) is 0 Å². The molecule has 20 heavy (non-hydrogen) atoms. The average molecular weight is 272 g/mol. The number of carbonyl (C=O) groups is 1. The molecule has 1 fully saturated rings. The van der Waals surface area contributed by atoms with Gasteiger partial charge >= 0.3 is 0 Å². The normalized spacial score (nSPS) is 21.2. The molecule has 0 bridgehead atoms. The number of pyridine rings is 1. The molecule has 1 atom stereocenters. The average Bonchev–Trinajstić information content (AvgIpc) is 2.45. The Morgan fingerprint density at radius 2 is 2.00 bits per heavy atom. The zero-order valence-corrected chi connectivity index (χ0v) is 10.9. The van der Waals surface area contributed by atoms with Crippen LogP contribution in [0.15, 0.2) is 36.4 Å². The van der Waals surface area contributed by atoms with E-state index >= 15 is 0 Å². The molecule has 1 saturated heterocycles. The van der Waals surface area contributed by atoms with E-state index < -0.39 is 5.41 Å². The molecule has 1 aromatic carbocycles. The van der Waals surface area contributed by atoms with Gasteiger partial charge in [0.1, 0.15) is 5.82 Å². The molecule has 1 aliphatic rings. The number of carbonyl (C=O) groups excluding carboxylic acids is 1. The van der Waals surface area contributed by atoms with Crippen molar-refractivity contribution in [2.24, 2.45) is 0 Å². The van der Waals surface area contributed by atoms with Gasteiger partial charge in [-0.15, -0.1) is 0 Å². The lowest BCUT2D eigenvalue weighted by molar-refractivity contribution is -0.132. The Morgan fingerprint density at radius 3 is 2.55 bits per heavy atom. The van der Waals surface area contributed by atoms with Crippen LogP contribution >= 0.6 is 0 Å². The molecular weight excluding hydrogens is 259 g/mol. The van der Waals surface area contributed by atoms with Gasteiger partial charge in [-0.2, -0.15) is 0 Å². The van der Waals surface area contributed by atoms with Crippen molar-refractivity contribution in [3.05, 3.63) is 47.8 Å². The number of hydrogen-bond acceptors (Lipinski definition) is 3. The monoisotopic (exact) mass is 272 g/mol. The summed E-state index contributed by atoms with van der Waals surface area (Å²) in [5.41, 5.74) is 1.26. The van der Waals surface area contributed by atoms with Crippen LogP contribution in [0.4, 0.5) is 4.39 Å². The lowest BCUT2D eigenvalue weighted by Gasteiger charge is -2.38. The topological polar surface area (TPSA) is 62.2 Å². The summed E-state index contributed by atoms with van der Waals surface area (Å²) in [5.74, 6) is -0.560. The third kappa shape index (κ3) is 1.91. The van der Waals surface area contributed by atoms with E-state index in [0.717, 1.165) is 0 Å². The molecule has 3 rings (SSSR count). The third-order valence-electron chi connectivity index (χ3n) is 3.69. The van der Waals surface area contributed by atoms with Crippen LogP contribution in [0, 0.1) is 5.82 Å². The number of benzene rings is 1. The van der Waals surface area contributed by atoms with Crippen molar-refractivity contribution in [3.63, 3.8) is 0 Å². The molecule has 2 N–H and O–H groups in total. The van der Waals surface area contributed by atoms with Crippen molar-refractivity contribution in [1.29, 1.82) is 0 Å². The number of rotatable bonds is 2. The first kappa shape index (κ1) is 12.6. The van der Waals surface area contributed by atoms with E-state index in [0.29, 0.717) is 23.4 Å². The van der Waals surface area contributed by atoms with Crippen LogP contribution in [-0.2, 0) is 10.2 Å². The molecule has 5 heteroatoms. The number of hydrogen-bond donors (Lipinski definition) is 2. The zero-order chi connectivity index (χ0) is 14.3. The molecule has 0 spiro atoms. The lowest BCUT2D eigenvalue weighted by Crippen LogP contribution is -2.60. The number of amides is 1. The highest BCUT2D eigenvalue weighted by atomic mass is 19.1. The fourth-order valence-electron chi connectivity index (χ4n) is 2.26. The van der Waals surface area contributed by atoms with E-state index in [9.17, 15) is 14.3 Å². The zero-order valence-electron chi connectivity index (χ0n) is 10.9. The number of halogens is 1. The van der Waals surface area contributed by atoms with Crippen LogP contribution in [0.1, 0.15) is 12.5 Å². The van der Waals surface area contributed by atoms with E-state index in [1.807, 2.05) is 6.92 Å². The Labute approximate surface area is 115 Å². The molecule has 1 aliphatic heterocycles. The summed E-state index contributed by atoms with van der Waals surface area (Å²) in [5, 5.41) is 12.5. The summed E-state index contributed by atoms with van der Waals surface area (Å²) in [4.78, 5) is 15.7. The van der Waals surface area contributed by atoms with Crippen LogP contribution in [0.3, 0.4) is 0 Å². The van der Waals surface area contributed by atoms with Gasteiger partial charge in [-0.3, -0.25) is 4.79 Å². The minimum absolute atomic E-state index is 0.0758. The van der Waals surface area contributed by atoms with E-state index in [2.05, 4.69) is 10.3 Å². The van der Waals surface area contributed by atoms with Crippen molar-refractivity contribution in [2.75, 3.05) is 6.54 Å². The smallest absolute Gasteiger partial charge is 0.232 e. The minimum Gasteiger partial charge on any atom is -0.493 e. The predicted molar refractivity (Wildman–Crippen MR) is 71.7 cm³/mol. The number of aromatic hydroxyl groups is 1. The molecule has 0 saturated carbocycles. The van der Waals surface area contributed by atoms with Crippen molar-refractivity contribution in [1.82, 2.24) is 10.3 Å². The summed E-state index contributed by atoms with van der Waals surface area (Å²) in [7, 11) is 0. The van der Waals surface area contributed by atoms with Crippen molar-refractivity contribution >= 4 is 5.91 Å². The highest BCUT2D eigenvalue weighted by Crippen LogP contribution is 2.33. The SMILES string of the molecule is CC1(c2cc(O)nc(-c3ccc(F)cc3)c2)CNC1=O. The van der Waals surface area contributed by atoms with E-state index in [-0.39, 0.29) is 17.6 Å². The van der Waals surface area contributed by atoms with Crippen LogP contribution < -0.4 is 5.32 Å². The summed E-state index contributed by atoms with van der Waals surface area (Å²) in [6.45, 7) is 2.34. The van der Waals surface area contributed by atoms with Crippen LogP contribution in [0.5, 0.6) is 5.88 Å². The standard InChI is InChI=1S/C15H13FN2O2/c1-15(8-17-14(15)20)10-6-12(18-13(19)7-10)9-2-4-11(16)5-3-9/h2-7H,8H2,1H3,(H,17,20)(H,18,19). The Balaban J connectivity index is 2.07. The maximum absolute atomic E-state index is 12.9. The lowest BCUT2D eigenvalue weighted by atomic mass is 9.76. The minimum atomic E-state index is -0.644. The van der Waals surface area contributed by atoms with Crippen molar-refractivity contribution in [2.45, 2.75) is 12.3 Å². The van der Waals surface area contributed by atoms with Crippen LogP contribution in [0.2, 0.25) is 0 Å². The van der Waals surface area contributed by atoms with Crippen molar-refractivity contribution in [3.8, 4) is 17.1 Å². The van der Waals surface area contributed by atoms with Gasteiger partial charge in [-0.1, -0.05) is 0 Å².